The van der Waals surface area contributed by atoms with E-state index in [4.69, 9.17) is 19.6 Å². The summed E-state index contributed by atoms with van der Waals surface area (Å²) in [4.78, 5) is 0. The standard InChI is InChI=1S/C14H25NO3Si/c1-10(15)14(18-19(4,5)6)12-9-11(16-2)7-8-13(12)17-3/h7-10,14H,15H2,1-6H3. The van der Waals surface area contributed by atoms with Gasteiger partial charge in [0.1, 0.15) is 11.5 Å². The van der Waals surface area contributed by atoms with Crippen LogP contribution in [0, 0.1) is 0 Å². The van der Waals surface area contributed by atoms with E-state index in [1.807, 2.05) is 25.1 Å². The number of hydrogen-bond acceptors (Lipinski definition) is 4. The second-order valence-corrected chi connectivity index (χ2v) is 10.1. The van der Waals surface area contributed by atoms with Crippen molar-refractivity contribution in [2.45, 2.75) is 38.7 Å². The summed E-state index contributed by atoms with van der Waals surface area (Å²) < 4.78 is 16.9. The van der Waals surface area contributed by atoms with Crippen LogP contribution in [0.25, 0.3) is 0 Å². The van der Waals surface area contributed by atoms with Gasteiger partial charge in [-0.05, 0) is 44.8 Å². The van der Waals surface area contributed by atoms with Crippen LogP contribution >= 0.6 is 0 Å². The van der Waals surface area contributed by atoms with Crippen molar-refractivity contribution in [3.8, 4) is 11.5 Å². The summed E-state index contributed by atoms with van der Waals surface area (Å²) in [7, 11) is 1.59. The zero-order chi connectivity index (χ0) is 14.6. The van der Waals surface area contributed by atoms with Gasteiger partial charge in [-0.1, -0.05) is 0 Å². The minimum Gasteiger partial charge on any atom is -0.497 e. The van der Waals surface area contributed by atoms with Crippen LogP contribution in [0.2, 0.25) is 19.6 Å². The van der Waals surface area contributed by atoms with Gasteiger partial charge in [-0.3, -0.25) is 0 Å². The van der Waals surface area contributed by atoms with E-state index in [-0.39, 0.29) is 12.1 Å². The molecule has 0 saturated carbocycles. The largest absolute Gasteiger partial charge is 0.497 e. The number of ether oxygens (including phenoxy) is 2. The van der Waals surface area contributed by atoms with Gasteiger partial charge in [-0.25, -0.2) is 0 Å². The molecule has 0 saturated heterocycles. The molecule has 19 heavy (non-hydrogen) atoms. The highest BCUT2D eigenvalue weighted by molar-refractivity contribution is 6.69. The minimum absolute atomic E-state index is 0.118. The summed E-state index contributed by atoms with van der Waals surface area (Å²) in [5.41, 5.74) is 7.04. The zero-order valence-corrected chi connectivity index (χ0v) is 13.7. The van der Waals surface area contributed by atoms with Gasteiger partial charge >= 0.3 is 0 Å². The first-order chi connectivity index (χ1) is 8.78. The molecule has 0 fully saturated rings. The van der Waals surface area contributed by atoms with E-state index < -0.39 is 8.32 Å². The van der Waals surface area contributed by atoms with E-state index in [0.717, 1.165) is 17.1 Å². The van der Waals surface area contributed by atoms with Crippen molar-refractivity contribution in [2.24, 2.45) is 5.73 Å². The molecule has 2 N–H and O–H groups in total. The third-order valence-electron chi connectivity index (χ3n) is 2.70. The van der Waals surface area contributed by atoms with Gasteiger partial charge < -0.3 is 19.6 Å². The van der Waals surface area contributed by atoms with E-state index in [2.05, 4.69) is 19.6 Å². The lowest BCUT2D eigenvalue weighted by Crippen LogP contribution is -2.36. The first-order valence-electron chi connectivity index (χ1n) is 6.44. The van der Waals surface area contributed by atoms with Gasteiger partial charge in [0.2, 0.25) is 0 Å². The van der Waals surface area contributed by atoms with Crippen LogP contribution in [0.1, 0.15) is 18.6 Å². The van der Waals surface area contributed by atoms with E-state index in [1.165, 1.54) is 0 Å². The predicted molar refractivity (Wildman–Crippen MR) is 80.4 cm³/mol. The molecule has 0 heterocycles. The highest BCUT2D eigenvalue weighted by Gasteiger charge is 2.27. The second kappa shape index (κ2) is 6.41. The van der Waals surface area contributed by atoms with Crippen LogP contribution in [0.15, 0.2) is 18.2 Å². The SMILES string of the molecule is COc1ccc(OC)c(C(O[Si](C)(C)C)C(C)N)c1. The average molecular weight is 283 g/mol. The van der Waals surface area contributed by atoms with E-state index >= 15 is 0 Å². The fraction of sp³-hybridized carbons (Fsp3) is 0.571. The van der Waals surface area contributed by atoms with Gasteiger partial charge in [0, 0.05) is 11.6 Å². The average Bonchev–Trinajstić information content (AvgIpc) is 2.33. The minimum atomic E-state index is -1.71. The van der Waals surface area contributed by atoms with Crippen molar-refractivity contribution in [1.82, 2.24) is 0 Å². The third-order valence-corrected chi connectivity index (χ3v) is 3.66. The monoisotopic (exact) mass is 283 g/mol. The molecule has 0 aromatic heterocycles. The molecule has 0 aliphatic heterocycles. The Labute approximate surface area is 117 Å². The van der Waals surface area contributed by atoms with Gasteiger partial charge in [0.15, 0.2) is 8.32 Å². The molecule has 0 aliphatic rings. The molecule has 1 aromatic rings. The zero-order valence-electron chi connectivity index (χ0n) is 12.7. The van der Waals surface area contributed by atoms with Crippen molar-refractivity contribution in [2.75, 3.05) is 14.2 Å². The summed E-state index contributed by atoms with van der Waals surface area (Å²) in [6.07, 6.45) is -0.184. The van der Waals surface area contributed by atoms with Gasteiger partial charge in [-0.2, -0.15) is 0 Å². The Kier molecular flexibility index (Phi) is 5.40. The van der Waals surface area contributed by atoms with E-state index in [9.17, 15) is 0 Å². The quantitative estimate of drug-likeness (QED) is 0.816. The molecule has 0 radical (unpaired) electrons. The fourth-order valence-electron chi connectivity index (χ4n) is 1.90. The van der Waals surface area contributed by atoms with Crippen molar-refractivity contribution in [3.63, 3.8) is 0 Å². The highest BCUT2D eigenvalue weighted by Crippen LogP contribution is 2.34. The number of methoxy groups -OCH3 is 2. The Morgan fingerprint density at radius 2 is 1.74 bits per heavy atom. The van der Waals surface area contributed by atoms with Crippen LogP contribution in [0.4, 0.5) is 0 Å². The molecule has 108 valence electrons. The highest BCUT2D eigenvalue weighted by atomic mass is 28.4. The number of benzene rings is 1. The molecule has 1 rings (SSSR count). The fourth-order valence-corrected chi connectivity index (χ4v) is 3.00. The molecule has 5 heteroatoms. The van der Waals surface area contributed by atoms with Crippen LogP contribution in [-0.2, 0) is 4.43 Å². The Hall–Kier alpha value is -1.04. The molecular weight excluding hydrogens is 258 g/mol. The topological polar surface area (TPSA) is 53.7 Å². The summed E-state index contributed by atoms with van der Waals surface area (Å²) in [6, 6.07) is 5.58. The van der Waals surface area contributed by atoms with Crippen LogP contribution in [0.3, 0.4) is 0 Å². The summed E-state index contributed by atoms with van der Waals surface area (Å²) in [6.45, 7) is 8.39. The molecule has 2 atom stereocenters. The number of rotatable bonds is 6. The summed E-state index contributed by atoms with van der Waals surface area (Å²) in [5, 5.41) is 0. The second-order valence-electron chi connectivity index (χ2n) is 5.62. The van der Waals surface area contributed by atoms with Gasteiger partial charge in [0.05, 0.1) is 20.3 Å². The van der Waals surface area contributed by atoms with Gasteiger partial charge in [-0.15, -0.1) is 0 Å². The third kappa shape index (κ3) is 4.52. The first kappa shape index (κ1) is 16.0. The van der Waals surface area contributed by atoms with E-state index in [1.54, 1.807) is 14.2 Å². The summed E-state index contributed by atoms with van der Waals surface area (Å²) in [5.74, 6) is 1.56. The molecule has 0 spiro atoms. The molecule has 0 aliphatic carbocycles. The lowest BCUT2D eigenvalue weighted by Gasteiger charge is -2.30. The maximum atomic E-state index is 6.21. The van der Waals surface area contributed by atoms with E-state index in [0.29, 0.717) is 0 Å². The van der Waals surface area contributed by atoms with Crippen molar-refractivity contribution in [3.05, 3.63) is 23.8 Å². The summed E-state index contributed by atoms with van der Waals surface area (Å²) >= 11 is 0. The first-order valence-corrected chi connectivity index (χ1v) is 9.84. The molecule has 4 nitrogen and oxygen atoms in total. The molecule has 2 unspecified atom stereocenters. The molecule has 0 amide bonds. The molecular formula is C14H25NO3Si. The maximum absolute atomic E-state index is 6.21. The van der Waals surface area contributed by atoms with Crippen LogP contribution in [-0.4, -0.2) is 28.6 Å². The normalized spacial score (nSPS) is 14.9. The van der Waals surface area contributed by atoms with Crippen molar-refractivity contribution < 1.29 is 13.9 Å². The van der Waals surface area contributed by atoms with Crippen molar-refractivity contribution >= 4 is 8.32 Å². The number of hydrogen-bond donors (Lipinski definition) is 1. The van der Waals surface area contributed by atoms with Crippen LogP contribution in [0.5, 0.6) is 11.5 Å². The van der Waals surface area contributed by atoms with Crippen molar-refractivity contribution in [1.29, 1.82) is 0 Å². The predicted octanol–water partition coefficient (Wildman–Crippen LogP) is 2.94. The number of nitrogens with two attached hydrogens (primary N) is 1. The smallest absolute Gasteiger partial charge is 0.184 e. The Bertz CT molecular complexity index is 416. The Morgan fingerprint density at radius 1 is 1.11 bits per heavy atom. The maximum Gasteiger partial charge on any atom is 0.184 e. The Balaban J connectivity index is 3.20. The van der Waals surface area contributed by atoms with Crippen LogP contribution < -0.4 is 15.2 Å². The molecule has 1 aromatic carbocycles. The molecule has 0 bridgehead atoms. The lowest BCUT2D eigenvalue weighted by molar-refractivity contribution is 0.168. The lowest BCUT2D eigenvalue weighted by atomic mass is 10.0. The van der Waals surface area contributed by atoms with Gasteiger partial charge in [0.25, 0.3) is 0 Å². The Morgan fingerprint density at radius 3 is 2.16 bits per heavy atom.